The van der Waals surface area contributed by atoms with Gasteiger partial charge in [0.1, 0.15) is 10.2 Å². The molecule has 0 spiro atoms. The van der Waals surface area contributed by atoms with Crippen molar-refractivity contribution >= 4 is 29.1 Å². The lowest BCUT2D eigenvalue weighted by Crippen LogP contribution is -2.16. The van der Waals surface area contributed by atoms with Gasteiger partial charge in [0.2, 0.25) is 0 Å². The molecule has 20 heavy (non-hydrogen) atoms. The first kappa shape index (κ1) is 13.1. The van der Waals surface area contributed by atoms with Crippen LogP contribution in [0.1, 0.15) is 18.9 Å². The van der Waals surface area contributed by atoms with Crippen LogP contribution in [0.5, 0.6) is 0 Å². The molecule has 0 radical (unpaired) electrons. The van der Waals surface area contributed by atoms with E-state index in [1.54, 1.807) is 4.57 Å². The summed E-state index contributed by atoms with van der Waals surface area (Å²) < 4.78 is 1.54. The van der Waals surface area contributed by atoms with E-state index in [2.05, 4.69) is 15.2 Å². The number of hydrogen-bond acceptors (Lipinski definition) is 6. The second-order valence-electron chi connectivity index (χ2n) is 4.26. The van der Waals surface area contributed by atoms with Crippen LogP contribution in [0.25, 0.3) is 0 Å². The summed E-state index contributed by atoms with van der Waals surface area (Å²) >= 11 is 6.82. The average molecular weight is 314 g/mol. The molecule has 10 heteroatoms. The van der Waals surface area contributed by atoms with Gasteiger partial charge in [0.25, 0.3) is 5.69 Å². The van der Waals surface area contributed by atoms with Crippen LogP contribution in [-0.2, 0) is 0 Å². The van der Waals surface area contributed by atoms with Crippen molar-refractivity contribution in [3.05, 3.63) is 37.9 Å². The minimum atomic E-state index is -0.545. The zero-order valence-corrected chi connectivity index (χ0v) is 11.5. The highest BCUT2D eigenvalue weighted by atomic mass is 35.5. The topological polar surface area (TPSA) is 107 Å². The molecule has 0 saturated heterocycles. The van der Waals surface area contributed by atoms with Crippen LogP contribution in [0.15, 0.2) is 27.1 Å². The van der Waals surface area contributed by atoms with Crippen molar-refractivity contribution in [2.24, 2.45) is 0 Å². The summed E-state index contributed by atoms with van der Waals surface area (Å²) in [7, 11) is 0. The van der Waals surface area contributed by atoms with Gasteiger partial charge >= 0.3 is 5.69 Å². The van der Waals surface area contributed by atoms with E-state index in [1.807, 2.05) is 0 Å². The monoisotopic (exact) mass is 313 g/mol. The fraction of sp³-hybridized carbons (Fsp3) is 0.300. The molecule has 2 aromatic rings. The molecule has 8 nitrogen and oxygen atoms in total. The van der Waals surface area contributed by atoms with Crippen LogP contribution in [0.2, 0.25) is 5.15 Å². The highest BCUT2D eigenvalue weighted by Crippen LogP contribution is 2.37. The van der Waals surface area contributed by atoms with Crippen molar-refractivity contribution in [2.45, 2.75) is 29.1 Å². The standard InChI is InChI=1S/C10H8ClN5O3S/c11-7-3-6(16(18)19)4-8(12-7)20-10-14-13-9(17)15(10)5-1-2-5/h3-5H,1-2H2,(H,13,17). The van der Waals surface area contributed by atoms with Gasteiger partial charge in [0, 0.05) is 12.1 Å². The third kappa shape index (κ3) is 2.54. The van der Waals surface area contributed by atoms with E-state index in [4.69, 9.17) is 11.6 Å². The Balaban J connectivity index is 1.95. The highest BCUT2D eigenvalue weighted by Gasteiger charge is 2.29. The Kier molecular flexibility index (Phi) is 3.22. The maximum Gasteiger partial charge on any atom is 0.344 e. The second-order valence-corrected chi connectivity index (χ2v) is 5.63. The summed E-state index contributed by atoms with van der Waals surface area (Å²) in [6.07, 6.45) is 1.85. The van der Waals surface area contributed by atoms with Gasteiger partial charge in [-0.15, -0.1) is 5.10 Å². The van der Waals surface area contributed by atoms with Gasteiger partial charge in [-0.3, -0.25) is 14.7 Å². The molecule has 1 N–H and O–H groups in total. The molecular weight excluding hydrogens is 306 g/mol. The Morgan fingerprint density at radius 3 is 2.90 bits per heavy atom. The Bertz CT molecular complexity index is 739. The van der Waals surface area contributed by atoms with Crippen LogP contribution in [-0.4, -0.2) is 24.7 Å². The highest BCUT2D eigenvalue weighted by molar-refractivity contribution is 7.99. The molecule has 0 atom stereocenters. The van der Waals surface area contributed by atoms with Gasteiger partial charge in [0.15, 0.2) is 5.16 Å². The van der Waals surface area contributed by atoms with Gasteiger partial charge < -0.3 is 0 Å². The molecule has 0 aromatic carbocycles. The molecule has 1 aliphatic carbocycles. The normalized spacial score (nSPS) is 14.4. The van der Waals surface area contributed by atoms with Crippen LogP contribution in [0.3, 0.4) is 0 Å². The third-order valence-electron chi connectivity index (χ3n) is 2.75. The largest absolute Gasteiger partial charge is 0.344 e. The minimum Gasteiger partial charge on any atom is -0.267 e. The van der Waals surface area contributed by atoms with E-state index in [9.17, 15) is 14.9 Å². The van der Waals surface area contributed by atoms with Gasteiger partial charge in [-0.2, -0.15) is 0 Å². The summed E-state index contributed by atoms with van der Waals surface area (Å²) in [6, 6.07) is 2.62. The lowest BCUT2D eigenvalue weighted by atomic mass is 10.4. The zero-order chi connectivity index (χ0) is 14.3. The number of nitrogens with zero attached hydrogens (tertiary/aromatic N) is 4. The Morgan fingerprint density at radius 2 is 2.25 bits per heavy atom. The number of nitro groups is 1. The van der Waals surface area contributed by atoms with Crippen LogP contribution < -0.4 is 5.69 Å². The maximum absolute atomic E-state index is 11.6. The summed E-state index contributed by atoms with van der Waals surface area (Å²) in [6.45, 7) is 0. The first-order valence-electron chi connectivity index (χ1n) is 5.71. The Morgan fingerprint density at radius 1 is 1.50 bits per heavy atom. The molecule has 104 valence electrons. The van der Waals surface area contributed by atoms with Crippen LogP contribution >= 0.6 is 23.4 Å². The van der Waals surface area contributed by atoms with E-state index in [0.717, 1.165) is 24.6 Å². The number of aromatic nitrogens is 4. The quantitative estimate of drug-likeness (QED) is 0.525. The van der Waals surface area contributed by atoms with Gasteiger partial charge in [-0.05, 0) is 24.6 Å². The summed E-state index contributed by atoms with van der Waals surface area (Å²) in [5.41, 5.74) is -0.435. The molecule has 0 bridgehead atoms. The van der Waals surface area contributed by atoms with Crippen molar-refractivity contribution in [3.8, 4) is 0 Å². The average Bonchev–Trinajstić information content (AvgIpc) is 3.14. The fourth-order valence-corrected chi connectivity index (χ4v) is 2.91. The number of H-pyrrole nitrogens is 1. The van der Waals surface area contributed by atoms with E-state index in [-0.39, 0.29) is 22.6 Å². The van der Waals surface area contributed by atoms with Crippen molar-refractivity contribution in [2.75, 3.05) is 0 Å². The first-order chi connectivity index (χ1) is 9.54. The molecule has 1 aliphatic rings. The molecule has 3 rings (SSSR count). The number of nitrogens with one attached hydrogen (secondary N) is 1. The number of rotatable bonds is 4. The molecule has 0 amide bonds. The van der Waals surface area contributed by atoms with E-state index in [0.29, 0.717) is 10.2 Å². The molecule has 1 saturated carbocycles. The fourth-order valence-electron chi connectivity index (χ4n) is 1.73. The van der Waals surface area contributed by atoms with Crippen molar-refractivity contribution in [1.82, 2.24) is 19.7 Å². The predicted octanol–water partition coefficient (Wildman–Crippen LogP) is 2.01. The van der Waals surface area contributed by atoms with E-state index in [1.165, 1.54) is 12.1 Å². The van der Waals surface area contributed by atoms with Gasteiger partial charge in [-0.25, -0.2) is 14.9 Å². The van der Waals surface area contributed by atoms with Crippen molar-refractivity contribution in [1.29, 1.82) is 0 Å². The lowest BCUT2D eigenvalue weighted by Gasteiger charge is -2.03. The van der Waals surface area contributed by atoms with Gasteiger partial charge in [-0.1, -0.05) is 11.6 Å². The molecular formula is C10H8ClN5O3S. The Labute approximate surface area is 121 Å². The van der Waals surface area contributed by atoms with Crippen molar-refractivity contribution < 1.29 is 4.92 Å². The summed E-state index contributed by atoms with van der Waals surface area (Å²) in [5, 5.41) is 17.8. The smallest absolute Gasteiger partial charge is 0.267 e. The number of aromatic amines is 1. The third-order valence-corrected chi connectivity index (χ3v) is 3.83. The molecule has 1 fully saturated rings. The predicted molar refractivity (Wildman–Crippen MR) is 71.1 cm³/mol. The zero-order valence-electron chi connectivity index (χ0n) is 9.95. The number of hydrogen-bond donors (Lipinski definition) is 1. The minimum absolute atomic E-state index is 0.0255. The summed E-state index contributed by atoms with van der Waals surface area (Å²) in [4.78, 5) is 25.9. The summed E-state index contributed by atoms with van der Waals surface area (Å²) in [5.74, 6) is 0. The Hall–Kier alpha value is -1.87. The molecule has 2 aromatic heterocycles. The van der Waals surface area contributed by atoms with E-state index >= 15 is 0 Å². The molecule has 0 unspecified atom stereocenters. The maximum atomic E-state index is 11.6. The van der Waals surface area contributed by atoms with Gasteiger partial charge in [0.05, 0.1) is 11.0 Å². The van der Waals surface area contributed by atoms with Crippen molar-refractivity contribution in [3.63, 3.8) is 0 Å². The second kappa shape index (κ2) is 4.91. The van der Waals surface area contributed by atoms with Crippen LogP contribution in [0.4, 0.5) is 5.69 Å². The first-order valence-corrected chi connectivity index (χ1v) is 6.91. The number of pyridine rings is 1. The molecule has 2 heterocycles. The van der Waals surface area contributed by atoms with Crippen LogP contribution in [0, 0.1) is 10.1 Å². The lowest BCUT2D eigenvalue weighted by molar-refractivity contribution is -0.385. The van der Waals surface area contributed by atoms with E-state index < -0.39 is 4.92 Å². The molecule has 0 aliphatic heterocycles. The SMILES string of the molecule is O=c1[nH]nc(Sc2cc([N+](=O)[O-])cc(Cl)n2)n1C1CC1. The number of halogens is 1.